The molecule has 2 aromatic heterocycles. The summed E-state index contributed by atoms with van der Waals surface area (Å²) >= 11 is 0. The maximum absolute atomic E-state index is 12.6. The summed E-state index contributed by atoms with van der Waals surface area (Å²) < 4.78 is 17.2. The number of rotatable bonds is 4. The summed E-state index contributed by atoms with van der Waals surface area (Å²) in [6, 6.07) is 6.22. The van der Waals surface area contributed by atoms with Crippen LogP contribution in [0.3, 0.4) is 0 Å². The molecule has 0 N–H and O–H groups in total. The lowest BCUT2D eigenvalue weighted by Gasteiger charge is -2.45. The van der Waals surface area contributed by atoms with E-state index in [4.69, 9.17) is 13.9 Å². The molecule has 9 heteroatoms. The van der Waals surface area contributed by atoms with Gasteiger partial charge in [-0.05, 0) is 31.0 Å². The maximum Gasteiger partial charge on any atom is 0.433 e. The van der Waals surface area contributed by atoms with Crippen LogP contribution in [0.25, 0.3) is 0 Å². The van der Waals surface area contributed by atoms with Gasteiger partial charge in [-0.3, -0.25) is 19.9 Å². The third-order valence-corrected chi connectivity index (χ3v) is 5.34. The summed E-state index contributed by atoms with van der Waals surface area (Å²) in [6.07, 6.45) is 6.44. The topological polar surface area (TPSA) is 108 Å². The van der Waals surface area contributed by atoms with E-state index in [0.717, 1.165) is 18.6 Å². The zero-order valence-corrected chi connectivity index (χ0v) is 15.3. The molecule has 0 bridgehead atoms. The van der Waals surface area contributed by atoms with Crippen LogP contribution >= 0.6 is 0 Å². The van der Waals surface area contributed by atoms with Crippen molar-refractivity contribution in [2.75, 3.05) is 19.7 Å². The summed E-state index contributed by atoms with van der Waals surface area (Å²) in [7, 11) is 0. The lowest BCUT2D eigenvalue weighted by Crippen LogP contribution is -2.52. The van der Waals surface area contributed by atoms with E-state index in [1.807, 2.05) is 12.1 Å². The number of likely N-dealkylation sites (tertiary alicyclic amines) is 1. The molecule has 1 atom stereocenters. The lowest BCUT2D eigenvalue weighted by molar-refractivity contribution is -0.402. The molecule has 2 aliphatic rings. The van der Waals surface area contributed by atoms with Gasteiger partial charge in [0.2, 0.25) is 0 Å². The molecule has 2 fully saturated rings. The summed E-state index contributed by atoms with van der Waals surface area (Å²) in [4.78, 5) is 28.3. The SMILES string of the molecule is O=C(c1ccc([N+](=O)[O-])o1)N1CCC2(CC1)CC(Oc1ccncc1)CCO2. The first-order valence-electron chi connectivity index (χ1n) is 9.29. The van der Waals surface area contributed by atoms with Gasteiger partial charge >= 0.3 is 5.88 Å². The molecule has 0 saturated carbocycles. The van der Waals surface area contributed by atoms with Crippen molar-refractivity contribution in [2.45, 2.75) is 37.4 Å². The highest BCUT2D eigenvalue weighted by Gasteiger charge is 2.42. The molecule has 2 aromatic rings. The third kappa shape index (κ3) is 3.84. The Labute approximate surface area is 161 Å². The number of nitrogens with zero attached hydrogens (tertiary/aromatic N) is 3. The first-order valence-corrected chi connectivity index (χ1v) is 9.29. The quantitative estimate of drug-likeness (QED) is 0.586. The number of furan rings is 1. The molecular formula is C19H21N3O6. The van der Waals surface area contributed by atoms with Crippen LogP contribution in [0.2, 0.25) is 0 Å². The van der Waals surface area contributed by atoms with Crippen molar-refractivity contribution in [3.8, 4) is 5.75 Å². The summed E-state index contributed by atoms with van der Waals surface area (Å²) in [5.41, 5.74) is -0.304. The van der Waals surface area contributed by atoms with E-state index in [0.29, 0.717) is 32.5 Å². The highest BCUT2D eigenvalue weighted by molar-refractivity contribution is 5.91. The van der Waals surface area contributed by atoms with E-state index in [2.05, 4.69) is 4.98 Å². The van der Waals surface area contributed by atoms with Crippen LogP contribution in [0.4, 0.5) is 5.88 Å². The van der Waals surface area contributed by atoms with E-state index in [-0.39, 0.29) is 23.4 Å². The second kappa shape index (κ2) is 7.59. The monoisotopic (exact) mass is 387 g/mol. The molecule has 28 heavy (non-hydrogen) atoms. The Kier molecular flexibility index (Phi) is 4.99. The Morgan fingerprint density at radius 2 is 2.00 bits per heavy atom. The van der Waals surface area contributed by atoms with E-state index < -0.39 is 10.8 Å². The smallest absolute Gasteiger partial charge is 0.433 e. The van der Waals surface area contributed by atoms with Crippen LogP contribution in [0, 0.1) is 10.1 Å². The number of pyridine rings is 1. The Morgan fingerprint density at radius 1 is 1.25 bits per heavy atom. The van der Waals surface area contributed by atoms with Gasteiger partial charge in [-0.25, -0.2) is 0 Å². The number of piperidine rings is 1. The fourth-order valence-corrected chi connectivity index (χ4v) is 3.86. The van der Waals surface area contributed by atoms with Crippen LogP contribution in [0.15, 0.2) is 41.1 Å². The Hall–Kier alpha value is -2.94. The normalized spacial score (nSPS) is 21.4. The summed E-state index contributed by atoms with van der Waals surface area (Å²) in [5, 5.41) is 10.7. The van der Waals surface area contributed by atoms with Gasteiger partial charge in [0.25, 0.3) is 5.91 Å². The molecule has 1 spiro atoms. The fraction of sp³-hybridized carbons (Fsp3) is 0.474. The number of carbonyl (C=O) groups is 1. The number of hydrogen-bond acceptors (Lipinski definition) is 7. The lowest BCUT2D eigenvalue weighted by atomic mass is 9.83. The number of hydrogen-bond donors (Lipinski definition) is 0. The second-order valence-corrected chi connectivity index (χ2v) is 7.13. The first kappa shape index (κ1) is 18.4. The average molecular weight is 387 g/mol. The molecule has 0 aromatic carbocycles. The predicted octanol–water partition coefficient (Wildman–Crippen LogP) is 2.82. The molecule has 2 aliphatic heterocycles. The maximum atomic E-state index is 12.6. The number of amides is 1. The van der Waals surface area contributed by atoms with E-state index >= 15 is 0 Å². The minimum absolute atomic E-state index is 0.00823. The number of aromatic nitrogens is 1. The average Bonchev–Trinajstić information content (AvgIpc) is 3.20. The van der Waals surface area contributed by atoms with Crippen LogP contribution < -0.4 is 4.74 Å². The second-order valence-electron chi connectivity index (χ2n) is 7.13. The largest absolute Gasteiger partial charge is 0.490 e. The van der Waals surface area contributed by atoms with Crippen molar-refractivity contribution < 1.29 is 23.6 Å². The Bertz CT molecular complexity index is 844. The van der Waals surface area contributed by atoms with Crippen LogP contribution in [0.5, 0.6) is 5.75 Å². The van der Waals surface area contributed by atoms with Gasteiger partial charge in [-0.2, -0.15) is 0 Å². The molecule has 148 valence electrons. The van der Waals surface area contributed by atoms with Crippen molar-refractivity contribution in [1.82, 2.24) is 9.88 Å². The molecule has 1 amide bonds. The van der Waals surface area contributed by atoms with Gasteiger partial charge in [-0.1, -0.05) is 0 Å². The van der Waals surface area contributed by atoms with Gasteiger partial charge in [0.05, 0.1) is 18.3 Å². The summed E-state index contributed by atoms with van der Waals surface area (Å²) in [5.74, 6) is 0.0297. The van der Waals surface area contributed by atoms with E-state index in [1.165, 1.54) is 12.1 Å². The van der Waals surface area contributed by atoms with E-state index in [9.17, 15) is 14.9 Å². The summed E-state index contributed by atoms with van der Waals surface area (Å²) in [6.45, 7) is 1.64. The minimum atomic E-state index is -0.652. The van der Waals surface area contributed by atoms with Crippen molar-refractivity contribution in [2.24, 2.45) is 0 Å². The highest BCUT2D eigenvalue weighted by atomic mass is 16.6. The van der Waals surface area contributed by atoms with Crippen LogP contribution in [-0.2, 0) is 4.74 Å². The molecule has 9 nitrogen and oxygen atoms in total. The Morgan fingerprint density at radius 3 is 2.68 bits per heavy atom. The molecule has 4 heterocycles. The molecule has 0 radical (unpaired) electrons. The van der Waals surface area contributed by atoms with Gasteiger partial charge in [-0.15, -0.1) is 0 Å². The van der Waals surface area contributed by atoms with Crippen molar-refractivity contribution >= 4 is 11.8 Å². The zero-order valence-electron chi connectivity index (χ0n) is 15.3. The van der Waals surface area contributed by atoms with Crippen molar-refractivity contribution in [3.63, 3.8) is 0 Å². The van der Waals surface area contributed by atoms with E-state index in [1.54, 1.807) is 17.3 Å². The van der Waals surface area contributed by atoms with Gasteiger partial charge in [0, 0.05) is 38.3 Å². The number of nitro groups is 1. The molecule has 0 aliphatic carbocycles. The Balaban J connectivity index is 1.35. The molecule has 1 unspecified atom stereocenters. The van der Waals surface area contributed by atoms with Crippen LogP contribution in [0.1, 0.15) is 36.2 Å². The first-order chi connectivity index (χ1) is 13.5. The predicted molar refractivity (Wildman–Crippen MR) is 97.1 cm³/mol. The molecule has 4 rings (SSSR count). The third-order valence-electron chi connectivity index (χ3n) is 5.34. The van der Waals surface area contributed by atoms with Crippen molar-refractivity contribution in [1.29, 1.82) is 0 Å². The van der Waals surface area contributed by atoms with Gasteiger partial charge in [0.15, 0.2) is 5.76 Å². The van der Waals surface area contributed by atoms with Crippen LogP contribution in [-0.4, -0.2) is 52.1 Å². The standard InChI is InChI=1S/C19H21N3O6/c23-18(16-1-2-17(28-16)22(24)25)21-10-6-19(7-11-21)13-15(5-12-26-19)27-14-3-8-20-9-4-14/h1-4,8-9,15H,5-7,10-13H2. The zero-order chi connectivity index (χ0) is 19.6. The number of carbonyl (C=O) groups excluding carboxylic acids is 1. The minimum Gasteiger partial charge on any atom is -0.490 e. The van der Waals surface area contributed by atoms with Gasteiger partial charge < -0.3 is 18.8 Å². The van der Waals surface area contributed by atoms with Gasteiger partial charge in [0.1, 0.15) is 16.8 Å². The fourth-order valence-electron chi connectivity index (χ4n) is 3.86. The number of ether oxygens (including phenoxy) is 2. The highest BCUT2D eigenvalue weighted by Crippen LogP contribution is 2.37. The molecular weight excluding hydrogens is 366 g/mol. The van der Waals surface area contributed by atoms with Crippen molar-refractivity contribution in [3.05, 3.63) is 52.5 Å². The molecule has 2 saturated heterocycles.